The molecule has 1 aromatic heterocycles. The van der Waals surface area contributed by atoms with E-state index >= 15 is 0 Å². The number of likely N-dealkylation sites (tertiary alicyclic amines) is 1. The number of carbonyl (C=O) groups is 1. The van der Waals surface area contributed by atoms with Crippen molar-refractivity contribution in [3.8, 4) is 5.75 Å². The number of hydrogen-bond donors (Lipinski definition) is 1. The maximum atomic E-state index is 11.9. The van der Waals surface area contributed by atoms with Crippen LogP contribution in [0.25, 0.3) is 0 Å². The van der Waals surface area contributed by atoms with E-state index < -0.39 is 0 Å². The molecule has 0 bridgehead atoms. The van der Waals surface area contributed by atoms with Crippen LogP contribution in [0.15, 0.2) is 18.3 Å². The van der Waals surface area contributed by atoms with E-state index in [2.05, 4.69) is 4.98 Å². The molecule has 1 saturated carbocycles. The van der Waals surface area contributed by atoms with Crippen molar-refractivity contribution in [2.75, 3.05) is 18.8 Å². The van der Waals surface area contributed by atoms with Gasteiger partial charge in [-0.3, -0.25) is 4.79 Å². The molecule has 1 amide bonds. The normalized spacial score (nSPS) is 23.1. The van der Waals surface area contributed by atoms with Crippen LogP contribution in [-0.2, 0) is 4.79 Å². The lowest BCUT2D eigenvalue weighted by atomic mass is 10.3. The van der Waals surface area contributed by atoms with Crippen molar-refractivity contribution in [2.24, 2.45) is 5.92 Å². The van der Waals surface area contributed by atoms with Gasteiger partial charge in [0.05, 0.1) is 12.7 Å². The van der Waals surface area contributed by atoms with E-state index in [1.54, 1.807) is 12.3 Å². The van der Waals surface area contributed by atoms with Crippen molar-refractivity contribution in [1.29, 1.82) is 0 Å². The summed E-state index contributed by atoms with van der Waals surface area (Å²) in [7, 11) is 0. The third kappa shape index (κ3) is 2.39. The summed E-state index contributed by atoms with van der Waals surface area (Å²) >= 11 is 0. The molecule has 5 heteroatoms. The Morgan fingerprint density at radius 2 is 2.22 bits per heavy atom. The van der Waals surface area contributed by atoms with Gasteiger partial charge in [0.25, 0.3) is 0 Å². The summed E-state index contributed by atoms with van der Waals surface area (Å²) in [6.45, 7) is 1.50. The largest absolute Gasteiger partial charge is 0.487 e. The summed E-state index contributed by atoms with van der Waals surface area (Å²) < 4.78 is 5.80. The van der Waals surface area contributed by atoms with Crippen molar-refractivity contribution >= 4 is 11.7 Å². The Kier molecular flexibility index (Phi) is 2.81. The van der Waals surface area contributed by atoms with Crippen LogP contribution in [0, 0.1) is 5.92 Å². The number of amides is 1. The Labute approximate surface area is 106 Å². The zero-order chi connectivity index (χ0) is 12.5. The van der Waals surface area contributed by atoms with Crippen LogP contribution in [0.2, 0.25) is 0 Å². The molecule has 0 radical (unpaired) electrons. The van der Waals surface area contributed by atoms with Crippen LogP contribution >= 0.6 is 0 Å². The van der Waals surface area contributed by atoms with Gasteiger partial charge in [0.1, 0.15) is 17.7 Å². The summed E-state index contributed by atoms with van der Waals surface area (Å²) in [6.07, 6.45) is 4.72. The second-order valence-electron chi connectivity index (χ2n) is 5.01. The number of aromatic nitrogens is 1. The van der Waals surface area contributed by atoms with Crippen molar-refractivity contribution in [1.82, 2.24) is 9.88 Å². The van der Waals surface area contributed by atoms with E-state index in [4.69, 9.17) is 10.5 Å². The van der Waals surface area contributed by atoms with Crippen LogP contribution < -0.4 is 10.5 Å². The number of anilines is 1. The van der Waals surface area contributed by atoms with Crippen LogP contribution in [0.4, 0.5) is 5.82 Å². The molecule has 2 heterocycles. The van der Waals surface area contributed by atoms with Gasteiger partial charge in [0.2, 0.25) is 5.91 Å². The molecule has 2 N–H and O–H groups in total. The molecule has 3 rings (SSSR count). The summed E-state index contributed by atoms with van der Waals surface area (Å²) in [5.41, 5.74) is 5.52. The number of nitrogen functional groups attached to an aromatic ring is 1. The highest BCUT2D eigenvalue weighted by molar-refractivity contribution is 5.81. The first kappa shape index (κ1) is 11.3. The van der Waals surface area contributed by atoms with Crippen molar-refractivity contribution in [3.63, 3.8) is 0 Å². The second kappa shape index (κ2) is 4.48. The predicted molar refractivity (Wildman–Crippen MR) is 67.0 cm³/mol. The van der Waals surface area contributed by atoms with Crippen molar-refractivity contribution < 1.29 is 9.53 Å². The first-order valence-corrected chi connectivity index (χ1v) is 6.39. The fraction of sp³-hybridized carbons (Fsp3) is 0.538. The van der Waals surface area contributed by atoms with Gasteiger partial charge in [-0.25, -0.2) is 4.98 Å². The number of rotatable bonds is 3. The van der Waals surface area contributed by atoms with Gasteiger partial charge in [-0.1, -0.05) is 0 Å². The molecule has 96 valence electrons. The van der Waals surface area contributed by atoms with Gasteiger partial charge in [-0.05, 0) is 25.0 Å². The third-order valence-corrected chi connectivity index (χ3v) is 3.45. The first-order valence-electron chi connectivity index (χ1n) is 6.39. The molecule has 1 aromatic rings. The second-order valence-corrected chi connectivity index (χ2v) is 5.01. The van der Waals surface area contributed by atoms with Crippen LogP contribution in [0.3, 0.4) is 0 Å². The van der Waals surface area contributed by atoms with Crippen LogP contribution in [-0.4, -0.2) is 35.0 Å². The maximum Gasteiger partial charge on any atom is 0.225 e. The minimum absolute atomic E-state index is 0.0816. The SMILES string of the molecule is Nc1ccc(O[C@H]2CCN(C(=O)C3CC3)C2)cn1. The lowest BCUT2D eigenvalue weighted by molar-refractivity contribution is -0.131. The van der Waals surface area contributed by atoms with E-state index in [1.807, 2.05) is 11.0 Å². The van der Waals surface area contributed by atoms with Gasteiger partial charge in [-0.15, -0.1) is 0 Å². The Hall–Kier alpha value is -1.78. The molecule has 5 nitrogen and oxygen atoms in total. The average molecular weight is 247 g/mol. The zero-order valence-electron chi connectivity index (χ0n) is 10.2. The molecule has 0 aromatic carbocycles. The zero-order valence-corrected chi connectivity index (χ0v) is 10.2. The maximum absolute atomic E-state index is 11.9. The summed E-state index contributed by atoms with van der Waals surface area (Å²) in [5, 5.41) is 0. The molecular formula is C13H17N3O2. The minimum Gasteiger partial charge on any atom is -0.487 e. The molecular weight excluding hydrogens is 230 g/mol. The molecule has 1 aliphatic heterocycles. The van der Waals surface area contributed by atoms with E-state index in [-0.39, 0.29) is 6.10 Å². The lowest BCUT2D eigenvalue weighted by Crippen LogP contribution is -2.31. The topological polar surface area (TPSA) is 68.5 Å². The molecule has 1 atom stereocenters. The van der Waals surface area contributed by atoms with Crippen LogP contribution in [0.1, 0.15) is 19.3 Å². The van der Waals surface area contributed by atoms with Gasteiger partial charge in [0, 0.05) is 18.9 Å². The predicted octanol–water partition coefficient (Wildman–Crippen LogP) is 1.05. The molecule has 1 saturated heterocycles. The molecule has 0 spiro atoms. The lowest BCUT2D eigenvalue weighted by Gasteiger charge is -2.16. The summed E-state index contributed by atoms with van der Waals surface area (Å²) in [4.78, 5) is 17.8. The molecule has 1 aliphatic carbocycles. The van der Waals surface area contributed by atoms with Gasteiger partial charge < -0.3 is 15.4 Å². The monoisotopic (exact) mass is 247 g/mol. The van der Waals surface area contributed by atoms with Crippen LogP contribution in [0.5, 0.6) is 5.75 Å². The van der Waals surface area contributed by atoms with Gasteiger partial charge >= 0.3 is 0 Å². The Balaban J connectivity index is 1.55. The number of carbonyl (C=O) groups excluding carboxylic acids is 1. The molecule has 0 unspecified atom stereocenters. The van der Waals surface area contributed by atoms with Gasteiger partial charge in [-0.2, -0.15) is 0 Å². The third-order valence-electron chi connectivity index (χ3n) is 3.45. The van der Waals surface area contributed by atoms with E-state index in [9.17, 15) is 4.79 Å². The highest BCUT2D eigenvalue weighted by atomic mass is 16.5. The average Bonchev–Trinajstić information content (AvgIpc) is 3.12. The number of pyridine rings is 1. The van der Waals surface area contributed by atoms with E-state index in [0.29, 0.717) is 24.2 Å². The Bertz CT molecular complexity index is 442. The molecule has 18 heavy (non-hydrogen) atoms. The number of nitrogens with two attached hydrogens (primary N) is 1. The van der Waals surface area contributed by atoms with E-state index in [1.165, 1.54) is 0 Å². The quantitative estimate of drug-likeness (QED) is 0.867. The standard InChI is InChI=1S/C13H17N3O2/c14-12-4-3-10(7-15-12)18-11-5-6-16(8-11)13(17)9-1-2-9/h3-4,7,9,11H,1-2,5-6,8H2,(H2,14,15)/t11-/m0/s1. The number of hydrogen-bond acceptors (Lipinski definition) is 4. The first-order chi connectivity index (χ1) is 8.72. The highest BCUT2D eigenvalue weighted by Gasteiger charge is 2.37. The highest BCUT2D eigenvalue weighted by Crippen LogP contribution is 2.32. The Morgan fingerprint density at radius 1 is 1.39 bits per heavy atom. The van der Waals surface area contributed by atoms with E-state index in [0.717, 1.165) is 31.6 Å². The molecule has 2 fully saturated rings. The number of nitrogens with zero attached hydrogens (tertiary/aromatic N) is 2. The smallest absolute Gasteiger partial charge is 0.225 e. The van der Waals surface area contributed by atoms with Gasteiger partial charge in [0.15, 0.2) is 0 Å². The fourth-order valence-corrected chi connectivity index (χ4v) is 2.27. The summed E-state index contributed by atoms with van der Waals surface area (Å²) in [5.74, 6) is 1.80. The Morgan fingerprint density at radius 3 is 2.89 bits per heavy atom. The minimum atomic E-state index is 0.0816. The van der Waals surface area contributed by atoms with Crippen molar-refractivity contribution in [3.05, 3.63) is 18.3 Å². The molecule has 2 aliphatic rings. The summed E-state index contributed by atoms with van der Waals surface area (Å²) in [6, 6.07) is 3.53. The fourth-order valence-electron chi connectivity index (χ4n) is 2.27. The number of ether oxygens (including phenoxy) is 1. The van der Waals surface area contributed by atoms with Crippen molar-refractivity contribution in [2.45, 2.75) is 25.4 Å².